The van der Waals surface area contributed by atoms with Gasteiger partial charge in [-0.3, -0.25) is 0 Å². The van der Waals surface area contributed by atoms with Crippen LogP contribution in [0, 0.1) is 5.41 Å². The summed E-state index contributed by atoms with van der Waals surface area (Å²) in [6, 6.07) is 3.89. The topological polar surface area (TPSA) is 39.6 Å². The van der Waals surface area contributed by atoms with Gasteiger partial charge >= 0.3 is 0 Å². The molecule has 15 heavy (non-hydrogen) atoms. The van der Waals surface area contributed by atoms with Crippen LogP contribution < -0.4 is 0 Å². The smallest absolute Gasteiger partial charge is 0.0463 e. The largest absolute Gasteiger partial charge is 0.355 e. The molecule has 1 heterocycles. The Kier molecular flexibility index (Phi) is 3.67. The fraction of sp³-hybridized carbons (Fsp3) is 0.0769. The summed E-state index contributed by atoms with van der Waals surface area (Å²) in [5, 5.41) is 7.20. The number of H-pyrrole nitrogens is 1. The van der Waals surface area contributed by atoms with E-state index in [9.17, 15) is 0 Å². The van der Waals surface area contributed by atoms with Crippen molar-refractivity contribution in [3.05, 3.63) is 54.1 Å². The zero-order chi connectivity index (χ0) is 11.3. The standard InChI is InChI=1S/C13H14N2/c1-4-6-11-7-8-13(15-11)12(5-2)10(3)9-14/h5-9,14-15H,1-2H2,3H3/b12-10+,14-9?. The van der Waals surface area contributed by atoms with Gasteiger partial charge in [0.25, 0.3) is 0 Å². The maximum absolute atomic E-state index is 7.20. The van der Waals surface area contributed by atoms with Gasteiger partial charge in [0.05, 0.1) is 0 Å². The van der Waals surface area contributed by atoms with Crippen LogP contribution in [0.25, 0.3) is 11.6 Å². The first-order chi connectivity index (χ1) is 7.22. The van der Waals surface area contributed by atoms with Gasteiger partial charge in [0.1, 0.15) is 0 Å². The van der Waals surface area contributed by atoms with E-state index < -0.39 is 0 Å². The second-order valence-electron chi connectivity index (χ2n) is 3.12. The molecule has 0 saturated heterocycles. The van der Waals surface area contributed by atoms with Crippen molar-refractivity contribution in [3.63, 3.8) is 0 Å². The summed E-state index contributed by atoms with van der Waals surface area (Å²) < 4.78 is 0. The maximum Gasteiger partial charge on any atom is 0.0463 e. The highest BCUT2D eigenvalue weighted by Crippen LogP contribution is 2.18. The Labute approximate surface area is 89.9 Å². The summed E-state index contributed by atoms with van der Waals surface area (Å²) in [6.07, 6.45) is 4.83. The van der Waals surface area contributed by atoms with E-state index in [4.69, 9.17) is 5.41 Å². The average molecular weight is 198 g/mol. The lowest BCUT2D eigenvalue weighted by Crippen LogP contribution is -1.87. The maximum atomic E-state index is 7.20. The van der Waals surface area contributed by atoms with E-state index in [0.717, 1.165) is 22.5 Å². The summed E-state index contributed by atoms with van der Waals surface area (Å²) >= 11 is 0. The van der Waals surface area contributed by atoms with Crippen LogP contribution in [-0.2, 0) is 0 Å². The van der Waals surface area contributed by atoms with E-state index in [1.807, 2.05) is 19.1 Å². The first-order valence-electron chi connectivity index (χ1n) is 4.62. The minimum absolute atomic E-state index is 0.876. The molecule has 0 aliphatic heterocycles. The lowest BCUT2D eigenvalue weighted by molar-refractivity contribution is 1.32. The van der Waals surface area contributed by atoms with Gasteiger partial charge in [0.15, 0.2) is 0 Å². The summed E-state index contributed by atoms with van der Waals surface area (Å²) in [5.41, 5.74) is 6.41. The van der Waals surface area contributed by atoms with Crippen molar-refractivity contribution < 1.29 is 0 Å². The Morgan fingerprint density at radius 2 is 2.27 bits per heavy atom. The van der Waals surface area contributed by atoms with Gasteiger partial charge in [-0.15, -0.1) is 5.73 Å². The van der Waals surface area contributed by atoms with Gasteiger partial charge in [-0.05, 0) is 24.6 Å². The number of allylic oxidation sites excluding steroid dienone is 3. The van der Waals surface area contributed by atoms with Crippen LogP contribution in [0.15, 0.2) is 42.7 Å². The summed E-state index contributed by atoms with van der Waals surface area (Å²) in [7, 11) is 0. The van der Waals surface area contributed by atoms with Crippen LogP contribution >= 0.6 is 0 Å². The quantitative estimate of drug-likeness (QED) is 0.423. The molecule has 1 aromatic heterocycles. The second kappa shape index (κ2) is 4.99. The number of aromatic nitrogens is 1. The highest BCUT2D eigenvalue weighted by atomic mass is 14.7. The molecule has 0 fully saturated rings. The van der Waals surface area contributed by atoms with Crippen LogP contribution in [0.3, 0.4) is 0 Å². The molecule has 2 heteroatoms. The third-order valence-corrected chi connectivity index (χ3v) is 2.10. The molecule has 76 valence electrons. The minimum Gasteiger partial charge on any atom is -0.355 e. The first kappa shape index (κ1) is 11.0. The van der Waals surface area contributed by atoms with Gasteiger partial charge in [0.2, 0.25) is 0 Å². The third-order valence-electron chi connectivity index (χ3n) is 2.10. The van der Waals surface area contributed by atoms with Gasteiger partial charge in [-0.1, -0.05) is 19.2 Å². The van der Waals surface area contributed by atoms with Crippen molar-refractivity contribution in [2.45, 2.75) is 6.92 Å². The van der Waals surface area contributed by atoms with Crippen molar-refractivity contribution in [2.75, 3.05) is 0 Å². The molecule has 1 aromatic rings. The molecule has 0 spiro atoms. The Morgan fingerprint density at radius 3 is 2.80 bits per heavy atom. The lowest BCUT2D eigenvalue weighted by atomic mass is 10.1. The van der Waals surface area contributed by atoms with Crippen molar-refractivity contribution in [1.29, 1.82) is 5.41 Å². The molecule has 1 rings (SSSR count). The van der Waals surface area contributed by atoms with Crippen LogP contribution in [0.4, 0.5) is 0 Å². The third kappa shape index (κ3) is 2.46. The van der Waals surface area contributed by atoms with E-state index in [-0.39, 0.29) is 0 Å². The van der Waals surface area contributed by atoms with Crippen LogP contribution in [0.2, 0.25) is 0 Å². The molecule has 2 N–H and O–H groups in total. The van der Waals surface area contributed by atoms with E-state index in [2.05, 4.69) is 23.9 Å². The van der Waals surface area contributed by atoms with Crippen LogP contribution in [-0.4, -0.2) is 11.2 Å². The van der Waals surface area contributed by atoms with Crippen molar-refractivity contribution in [1.82, 2.24) is 4.98 Å². The summed E-state index contributed by atoms with van der Waals surface area (Å²) in [5.74, 6) is 0. The van der Waals surface area contributed by atoms with Crippen LogP contribution in [0.5, 0.6) is 0 Å². The summed E-state index contributed by atoms with van der Waals surface area (Å²) in [6.45, 7) is 9.14. The highest BCUT2D eigenvalue weighted by Gasteiger charge is 2.02. The molecular formula is C13H14N2. The number of aromatic amines is 1. The molecule has 0 radical (unpaired) electrons. The molecule has 0 aliphatic carbocycles. The predicted octanol–water partition coefficient (Wildman–Crippen LogP) is 3.42. The molecule has 0 bridgehead atoms. The van der Waals surface area contributed by atoms with Gasteiger partial charge < -0.3 is 10.4 Å². The molecule has 0 aliphatic rings. The normalized spacial score (nSPS) is 11.3. The van der Waals surface area contributed by atoms with E-state index in [1.165, 1.54) is 6.21 Å². The van der Waals surface area contributed by atoms with Gasteiger partial charge in [0, 0.05) is 29.3 Å². The van der Waals surface area contributed by atoms with Gasteiger partial charge in [-0.2, -0.15) is 0 Å². The van der Waals surface area contributed by atoms with Crippen molar-refractivity contribution >= 4 is 17.9 Å². The second-order valence-corrected chi connectivity index (χ2v) is 3.12. The molecule has 2 nitrogen and oxygen atoms in total. The first-order valence-corrected chi connectivity index (χ1v) is 4.62. The van der Waals surface area contributed by atoms with Crippen molar-refractivity contribution in [2.24, 2.45) is 0 Å². The minimum atomic E-state index is 0.876. The van der Waals surface area contributed by atoms with Crippen LogP contribution in [0.1, 0.15) is 18.3 Å². The number of hydrogen-bond acceptors (Lipinski definition) is 1. The van der Waals surface area contributed by atoms with E-state index >= 15 is 0 Å². The molecule has 0 saturated carbocycles. The Balaban J connectivity index is 3.19. The van der Waals surface area contributed by atoms with Gasteiger partial charge in [-0.25, -0.2) is 0 Å². The fourth-order valence-electron chi connectivity index (χ4n) is 1.32. The Hall–Kier alpha value is -2.05. The molecule has 0 aromatic carbocycles. The Bertz CT molecular complexity index is 455. The van der Waals surface area contributed by atoms with E-state index in [1.54, 1.807) is 12.2 Å². The lowest BCUT2D eigenvalue weighted by Gasteiger charge is -2.01. The molecule has 0 unspecified atom stereocenters. The SMILES string of the molecule is C=C=Cc1ccc(/C(C=C)=C(\C)C=N)[nH]1. The molecular weight excluding hydrogens is 184 g/mol. The number of hydrogen-bond donors (Lipinski definition) is 2. The van der Waals surface area contributed by atoms with E-state index in [0.29, 0.717) is 0 Å². The number of nitrogens with one attached hydrogen (secondary N) is 2. The highest BCUT2D eigenvalue weighted by molar-refractivity contribution is 5.91. The Morgan fingerprint density at radius 1 is 1.53 bits per heavy atom. The zero-order valence-corrected chi connectivity index (χ0v) is 8.80. The average Bonchev–Trinajstić information content (AvgIpc) is 2.68. The number of rotatable bonds is 4. The molecule has 0 atom stereocenters. The summed E-state index contributed by atoms with van der Waals surface area (Å²) in [4.78, 5) is 3.19. The van der Waals surface area contributed by atoms with Crippen molar-refractivity contribution in [3.8, 4) is 0 Å². The molecule has 0 amide bonds. The predicted molar refractivity (Wildman–Crippen MR) is 66.0 cm³/mol. The fourth-order valence-corrected chi connectivity index (χ4v) is 1.32. The monoisotopic (exact) mass is 198 g/mol. The zero-order valence-electron chi connectivity index (χ0n) is 8.80.